The van der Waals surface area contributed by atoms with Crippen LogP contribution in [0.5, 0.6) is 0 Å². The third-order valence-electron chi connectivity index (χ3n) is 2.09. The molecule has 2 heterocycles. The highest BCUT2D eigenvalue weighted by Gasteiger charge is 2.05. The lowest BCUT2D eigenvalue weighted by Gasteiger charge is -1.97. The van der Waals surface area contributed by atoms with Crippen molar-refractivity contribution < 1.29 is 0 Å². The number of imidazole rings is 1. The molecule has 0 radical (unpaired) electrons. The van der Waals surface area contributed by atoms with E-state index in [9.17, 15) is 0 Å². The van der Waals surface area contributed by atoms with E-state index in [2.05, 4.69) is 9.97 Å². The highest BCUT2D eigenvalue weighted by atomic mass is 35.5. The molecule has 3 nitrogen and oxygen atoms in total. The first-order chi connectivity index (χ1) is 6.33. The smallest absolute Gasteiger partial charge is 0.110 e. The van der Waals surface area contributed by atoms with Gasteiger partial charge in [0, 0.05) is 25.5 Å². The van der Waals surface area contributed by atoms with Gasteiger partial charge in [0.2, 0.25) is 0 Å². The molecule has 0 atom stereocenters. The maximum atomic E-state index is 5.67. The van der Waals surface area contributed by atoms with E-state index in [4.69, 9.17) is 11.6 Å². The number of pyridine rings is 1. The lowest BCUT2D eigenvalue weighted by Crippen LogP contribution is -1.98. The Bertz CT molecular complexity index is 422. The fourth-order valence-corrected chi connectivity index (χ4v) is 1.56. The van der Waals surface area contributed by atoms with Crippen LogP contribution in [0.1, 0.15) is 5.82 Å². The van der Waals surface area contributed by atoms with Gasteiger partial charge in [-0.15, -0.1) is 11.6 Å². The zero-order valence-electron chi connectivity index (χ0n) is 7.37. The Morgan fingerprint density at radius 1 is 1.54 bits per heavy atom. The van der Waals surface area contributed by atoms with Crippen molar-refractivity contribution in [1.82, 2.24) is 14.5 Å². The maximum Gasteiger partial charge on any atom is 0.110 e. The third-order valence-corrected chi connectivity index (χ3v) is 2.28. The maximum absolute atomic E-state index is 5.67. The first-order valence-electron chi connectivity index (χ1n) is 4.14. The van der Waals surface area contributed by atoms with Crippen LogP contribution in [0.4, 0.5) is 0 Å². The first kappa shape index (κ1) is 8.51. The van der Waals surface area contributed by atoms with Gasteiger partial charge in [-0.3, -0.25) is 4.98 Å². The minimum absolute atomic E-state index is 0.602. The lowest BCUT2D eigenvalue weighted by atomic mass is 10.4. The van der Waals surface area contributed by atoms with Gasteiger partial charge < -0.3 is 4.57 Å². The Morgan fingerprint density at radius 3 is 3.08 bits per heavy atom. The van der Waals surface area contributed by atoms with E-state index < -0.39 is 0 Å². The Hall–Kier alpha value is -1.09. The first-order valence-corrected chi connectivity index (χ1v) is 4.67. The highest BCUT2D eigenvalue weighted by Crippen LogP contribution is 2.13. The van der Waals surface area contributed by atoms with Gasteiger partial charge in [-0.2, -0.15) is 0 Å². The van der Waals surface area contributed by atoms with Crippen LogP contribution in [0.15, 0.2) is 18.5 Å². The second kappa shape index (κ2) is 3.34. The minimum Gasteiger partial charge on any atom is -0.330 e. The molecule has 0 fully saturated rings. The van der Waals surface area contributed by atoms with Crippen molar-refractivity contribution in [3.63, 3.8) is 0 Å². The van der Waals surface area contributed by atoms with E-state index in [1.807, 2.05) is 23.9 Å². The van der Waals surface area contributed by atoms with E-state index in [-0.39, 0.29) is 0 Å². The molecule has 0 saturated carbocycles. The zero-order chi connectivity index (χ0) is 9.26. The Balaban J connectivity index is 2.60. The van der Waals surface area contributed by atoms with Gasteiger partial charge >= 0.3 is 0 Å². The number of nitrogens with zero attached hydrogens (tertiary/aromatic N) is 3. The molecule has 0 unspecified atom stereocenters. The zero-order valence-corrected chi connectivity index (χ0v) is 8.12. The molecule has 68 valence electrons. The predicted octanol–water partition coefficient (Wildman–Crippen LogP) is 1.75. The van der Waals surface area contributed by atoms with Crippen molar-refractivity contribution in [2.24, 2.45) is 7.05 Å². The van der Waals surface area contributed by atoms with Crippen molar-refractivity contribution in [2.75, 3.05) is 5.88 Å². The molecule has 0 spiro atoms. The van der Waals surface area contributed by atoms with Gasteiger partial charge in [-0.1, -0.05) is 0 Å². The van der Waals surface area contributed by atoms with Crippen LogP contribution >= 0.6 is 11.6 Å². The summed E-state index contributed by atoms with van der Waals surface area (Å²) >= 11 is 5.67. The Morgan fingerprint density at radius 2 is 2.38 bits per heavy atom. The van der Waals surface area contributed by atoms with E-state index in [0.29, 0.717) is 5.88 Å². The number of halogens is 1. The normalized spacial score (nSPS) is 10.9. The van der Waals surface area contributed by atoms with Crippen molar-refractivity contribution in [3.8, 4) is 0 Å². The number of hydrogen-bond donors (Lipinski definition) is 0. The van der Waals surface area contributed by atoms with Crippen LogP contribution in [-0.2, 0) is 13.5 Å². The average molecular weight is 196 g/mol. The summed E-state index contributed by atoms with van der Waals surface area (Å²) in [5, 5.41) is 0. The molecule has 13 heavy (non-hydrogen) atoms. The molecule has 2 aromatic heterocycles. The third kappa shape index (κ3) is 1.40. The molecule has 0 amide bonds. The number of aryl methyl sites for hydroxylation is 2. The number of rotatable bonds is 2. The van der Waals surface area contributed by atoms with Gasteiger partial charge in [-0.25, -0.2) is 4.98 Å². The predicted molar refractivity (Wildman–Crippen MR) is 52.9 cm³/mol. The Kier molecular flexibility index (Phi) is 2.19. The average Bonchev–Trinajstić information content (AvgIpc) is 2.46. The van der Waals surface area contributed by atoms with E-state index in [1.165, 1.54) is 0 Å². The molecule has 0 aliphatic heterocycles. The molecule has 2 aromatic rings. The standard InChI is InChI=1S/C9H10ClN3/c1-13-8-6-11-5-3-7(8)12-9(13)2-4-10/h3,5-6H,2,4H2,1H3. The number of fused-ring (bicyclic) bond motifs is 1. The molecular formula is C9H10ClN3. The summed E-state index contributed by atoms with van der Waals surface area (Å²) in [4.78, 5) is 8.49. The molecule has 0 bridgehead atoms. The molecule has 4 heteroatoms. The fourth-order valence-electron chi connectivity index (χ4n) is 1.39. The van der Waals surface area contributed by atoms with Crippen molar-refractivity contribution >= 4 is 22.6 Å². The lowest BCUT2D eigenvalue weighted by molar-refractivity contribution is 0.830. The summed E-state index contributed by atoms with van der Waals surface area (Å²) in [6, 6.07) is 1.91. The van der Waals surface area contributed by atoms with Crippen LogP contribution in [0.2, 0.25) is 0 Å². The SMILES string of the molecule is Cn1c(CCCl)nc2ccncc21. The fraction of sp³-hybridized carbons (Fsp3) is 0.333. The monoisotopic (exact) mass is 195 g/mol. The highest BCUT2D eigenvalue weighted by molar-refractivity contribution is 6.17. The van der Waals surface area contributed by atoms with Gasteiger partial charge in [0.05, 0.1) is 17.2 Å². The van der Waals surface area contributed by atoms with Crippen LogP contribution in [0.25, 0.3) is 11.0 Å². The molecule has 0 aromatic carbocycles. The van der Waals surface area contributed by atoms with Crippen LogP contribution < -0.4 is 0 Å². The largest absolute Gasteiger partial charge is 0.330 e. The molecule has 0 N–H and O–H groups in total. The van der Waals surface area contributed by atoms with E-state index in [1.54, 1.807) is 6.20 Å². The molecule has 0 aliphatic rings. The minimum atomic E-state index is 0.602. The van der Waals surface area contributed by atoms with Crippen molar-refractivity contribution in [3.05, 3.63) is 24.3 Å². The second-order valence-electron chi connectivity index (χ2n) is 2.89. The van der Waals surface area contributed by atoms with Crippen molar-refractivity contribution in [2.45, 2.75) is 6.42 Å². The second-order valence-corrected chi connectivity index (χ2v) is 3.27. The van der Waals surface area contributed by atoms with Gasteiger partial charge in [0.1, 0.15) is 5.82 Å². The summed E-state index contributed by atoms with van der Waals surface area (Å²) in [5.74, 6) is 1.61. The summed E-state index contributed by atoms with van der Waals surface area (Å²) in [6.45, 7) is 0. The summed E-state index contributed by atoms with van der Waals surface area (Å²) in [7, 11) is 1.99. The molecule has 2 rings (SSSR count). The Labute approximate surface area is 81.4 Å². The van der Waals surface area contributed by atoms with Crippen LogP contribution in [0.3, 0.4) is 0 Å². The van der Waals surface area contributed by atoms with E-state index >= 15 is 0 Å². The molecule has 0 aliphatic carbocycles. The van der Waals surface area contributed by atoms with Gasteiger partial charge in [-0.05, 0) is 6.07 Å². The molecular weight excluding hydrogens is 186 g/mol. The van der Waals surface area contributed by atoms with E-state index in [0.717, 1.165) is 23.3 Å². The number of aromatic nitrogens is 3. The summed E-state index contributed by atoms with van der Waals surface area (Å²) in [5.41, 5.74) is 2.04. The quantitative estimate of drug-likeness (QED) is 0.684. The summed E-state index contributed by atoms with van der Waals surface area (Å²) in [6.07, 6.45) is 4.37. The van der Waals surface area contributed by atoms with Crippen LogP contribution in [0, 0.1) is 0 Å². The van der Waals surface area contributed by atoms with Gasteiger partial charge in [0.15, 0.2) is 0 Å². The van der Waals surface area contributed by atoms with Gasteiger partial charge in [0.25, 0.3) is 0 Å². The number of alkyl halides is 1. The molecule has 0 saturated heterocycles. The summed E-state index contributed by atoms with van der Waals surface area (Å²) < 4.78 is 2.03. The topological polar surface area (TPSA) is 30.7 Å². The van der Waals surface area contributed by atoms with Crippen molar-refractivity contribution in [1.29, 1.82) is 0 Å². The van der Waals surface area contributed by atoms with Crippen LogP contribution in [-0.4, -0.2) is 20.4 Å². The number of hydrogen-bond acceptors (Lipinski definition) is 2.